The number of fused-ring (bicyclic) bond motifs is 4. The van der Waals surface area contributed by atoms with E-state index in [0.29, 0.717) is 32.4 Å². The summed E-state index contributed by atoms with van der Waals surface area (Å²) in [5.41, 5.74) is -1.22. The van der Waals surface area contributed by atoms with Gasteiger partial charge >= 0.3 is 15.6 Å². The number of aromatic nitrogens is 2. The van der Waals surface area contributed by atoms with Crippen LogP contribution in [0.4, 0.5) is 13.2 Å². The molecule has 12 heteroatoms. The van der Waals surface area contributed by atoms with E-state index in [1.54, 1.807) is 18.3 Å². The largest absolute Gasteiger partial charge is 0.534 e. The zero-order valence-corrected chi connectivity index (χ0v) is 22.1. The Labute approximate surface area is 228 Å². The second kappa shape index (κ2) is 11.3. The zero-order valence-electron chi connectivity index (χ0n) is 21.3. The predicted octanol–water partition coefficient (Wildman–Crippen LogP) is 5.13. The number of pyridine rings is 1. The average molecular weight is 573 g/mol. The highest BCUT2D eigenvalue weighted by molar-refractivity contribution is 7.88. The maximum absolute atomic E-state index is 12.7. The van der Waals surface area contributed by atoms with Gasteiger partial charge in [0.1, 0.15) is 11.4 Å². The number of unbranched alkanes of at least 4 members (excludes halogenated alkanes) is 1. The van der Waals surface area contributed by atoms with Crippen LogP contribution in [0.25, 0.3) is 28.0 Å². The van der Waals surface area contributed by atoms with Crippen molar-refractivity contribution in [1.29, 1.82) is 0 Å². The Kier molecular flexibility index (Phi) is 7.81. The van der Waals surface area contributed by atoms with Gasteiger partial charge < -0.3 is 19.8 Å². The molecule has 0 saturated carbocycles. The summed E-state index contributed by atoms with van der Waals surface area (Å²) in [4.78, 5) is 20.1. The number of carbonyl (C=O) groups excluding carboxylic acids is 1. The molecule has 5 rings (SSSR count). The van der Waals surface area contributed by atoms with E-state index >= 15 is 0 Å². The molecule has 0 spiro atoms. The number of amides is 1. The fraction of sp³-hybridized carbons (Fsp3) is 0.286. The number of hydrogen-bond donors (Lipinski definition) is 3. The van der Waals surface area contributed by atoms with E-state index in [1.807, 2.05) is 30.3 Å². The molecule has 1 atom stereocenters. The van der Waals surface area contributed by atoms with Crippen LogP contribution in [0.5, 0.6) is 5.75 Å². The summed E-state index contributed by atoms with van der Waals surface area (Å²) in [6.45, 7) is 1.15. The molecule has 3 heterocycles. The van der Waals surface area contributed by atoms with Crippen molar-refractivity contribution in [2.24, 2.45) is 0 Å². The normalized spacial score (nSPS) is 15.9. The van der Waals surface area contributed by atoms with Gasteiger partial charge in [0.05, 0.1) is 0 Å². The van der Waals surface area contributed by atoms with Crippen molar-refractivity contribution in [3.63, 3.8) is 0 Å². The second-order valence-electron chi connectivity index (χ2n) is 9.52. The Balaban J connectivity index is 1.14. The SMILES string of the molecule is O=C(C=Cc1cccc2[nH]c3ncccc3c12)NCCCCC1NCCc2ccc(OS(=O)(=O)C(F)(F)F)cc21. The molecule has 0 fully saturated rings. The summed E-state index contributed by atoms with van der Waals surface area (Å²) in [6, 6.07) is 13.7. The maximum Gasteiger partial charge on any atom is 0.534 e. The maximum atomic E-state index is 12.7. The first-order chi connectivity index (χ1) is 19.1. The van der Waals surface area contributed by atoms with Crippen LogP contribution in [0.3, 0.4) is 0 Å². The quantitative estimate of drug-likeness (QED) is 0.111. The Morgan fingerprint density at radius 1 is 1.15 bits per heavy atom. The number of H-pyrrole nitrogens is 1. The Hall–Kier alpha value is -3.90. The minimum absolute atomic E-state index is 0.164. The molecule has 2 aromatic heterocycles. The van der Waals surface area contributed by atoms with Gasteiger partial charge in [-0.3, -0.25) is 4.79 Å². The lowest BCUT2D eigenvalue weighted by atomic mass is 9.91. The second-order valence-corrected chi connectivity index (χ2v) is 11.1. The Bertz CT molecular complexity index is 1680. The van der Waals surface area contributed by atoms with E-state index < -0.39 is 15.6 Å². The van der Waals surface area contributed by atoms with Crippen LogP contribution in [0, 0.1) is 0 Å². The molecular formula is C28H27F3N4O4S. The Morgan fingerprint density at radius 3 is 2.83 bits per heavy atom. The number of nitrogens with zero attached hydrogens (tertiary/aromatic N) is 1. The van der Waals surface area contributed by atoms with Crippen LogP contribution in [-0.2, 0) is 21.3 Å². The van der Waals surface area contributed by atoms with E-state index in [1.165, 1.54) is 18.2 Å². The Morgan fingerprint density at radius 2 is 2.00 bits per heavy atom. The van der Waals surface area contributed by atoms with Crippen molar-refractivity contribution in [2.45, 2.75) is 37.2 Å². The smallest absolute Gasteiger partial charge is 0.376 e. The highest BCUT2D eigenvalue weighted by Crippen LogP contribution is 2.33. The van der Waals surface area contributed by atoms with Crippen LogP contribution in [-0.4, -0.2) is 42.9 Å². The summed E-state index contributed by atoms with van der Waals surface area (Å²) < 4.78 is 65.2. The van der Waals surface area contributed by atoms with Crippen LogP contribution in [0.15, 0.2) is 60.8 Å². The molecule has 2 aromatic carbocycles. The lowest BCUT2D eigenvalue weighted by Gasteiger charge is -2.27. The molecule has 210 valence electrons. The molecule has 1 aliphatic heterocycles. The molecule has 8 nitrogen and oxygen atoms in total. The first-order valence-corrected chi connectivity index (χ1v) is 14.2. The van der Waals surface area contributed by atoms with Gasteiger partial charge in [-0.2, -0.15) is 21.6 Å². The minimum atomic E-state index is -5.74. The van der Waals surface area contributed by atoms with Gasteiger partial charge in [0, 0.05) is 41.1 Å². The van der Waals surface area contributed by atoms with Crippen molar-refractivity contribution < 1.29 is 30.6 Å². The number of halogens is 3. The van der Waals surface area contributed by atoms with Gasteiger partial charge in [-0.25, -0.2) is 4.98 Å². The third kappa shape index (κ3) is 5.97. The molecule has 1 unspecified atom stereocenters. The van der Waals surface area contributed by atoms with Gasteiger partial charge in [0.2, 0.25) is 5.91 Å². The highest BCUT2D eigenvalue weighted by Gasteiger charge is 2.48. The topological polar surface area (TPSA) is 113 Å². The molecule has 40 heavy (non-hydrogen) atoms. The van der Waals surface area contributed by atoms with E-state index in [9.17, 15) is 26.4 Å². The number of nitrogens with one attached hydrogen (secondary N) is 3. The van der Waals surface area contributed by atoms with Gasteiger partial charge in [-0.05, 0) is 85.3 Å². The first-order valence-electron chi connectivity index (χ1n) is 12.8. The monoisotopic (exact) mass is 572 g/mol. The number of aromatic amines is 1. The molecule has 0 radical (unpaired) electrons. The van der Waals surface area contributed by atoms with Crippen molar-refractivity contribution in [2.75, 3.05) is 13.1 Å². The molecule has 1 aliphatic rings. The van der Waals surface area contributed by atoms with E-state index in [-0.39, 0.29) is 17.7 Å². The first kappa shape index (κ1) is 27.7. The van der Waals surface area contributed by atoms with Crippen LogP contribution in [0.1, 0.15) is 42.0 Å². The molecule has 0 saturated heterocycles. The van der Waals surface area contributed by atoms with Gasteiger partial charge in [-0.1, -0.05) is 18.2 Å². The fourth-order valence-electron chi connectivity index (χ4n) is 4.96. The summed E-state index contributed by atoms with van der Waals surface area (Å²) >= 11 is 0. The van der Waals surface area contributed by atoms with Crippen LogP contribution < -0.4 is 14.8 Å². The molecule has 0 bridgehead atoms. The van der Waals surface area contributed by atoms with Crippen LogP contribution >= 0.6 is 0 Å². The molecule has 1 amide bonds. The van der Waals surface area contributed by atoms with Crippen molar-refractivity contribution in [3.05, 3.63) is 77.5 Å². The average Bonchev–Trinajstić information content (AvgIpc) is 3.30. The van der Waals surface area contributed by atoms with E-state index in [0.717, 1.165) is 45.0 Å². The molecule has 4 aromatic rings. The number of rotatable bonds is 9. The third-order valence-electron chi connectivity index (χ3n) is 6.83. The lowest BCUT2D eigenvalue weighted by Crippen LogP contribution is -2.31. The zero-order chi connectivity index (χ0) is 28.3. The van der Waals surface area contributed by atoms with Crippen molar-refractivity contribution >= 4 is 44.0 Å². The predicted molar refractivity (Wildman–Crippen MR) is 146 cm³/mol. The fourth-order valence-corrected chi connectivity index (χ4v) is 5.41. The number of alkyl halides is 3. The number of hydrogen-bond acceptors (Lipinski definition) is 6. The van der Waals surface area contributed by atoms with Crippen LogP contribution in [0.2, 0.25) is 0 Å². The van der Waals surface area contributed by atoms with Gasteiger partial charge in [-0.15, -0.1) is 0 Å². The third-order valence-corrected chi connectivity index (χ3v) is 7.81. The summed E-state index contributed by atoms with van der Waals surface area (Å²) in [6.07, 6.45) is 7.75. The van der Waals surface area contributed by atoms with Gasteiger partial charge in [0.15, 0.2) is 0 Å². The van der Waals surface area contributed by atoms with Crippen molar-refractivity contribution in [3.8, 4) is 5.75 Å². The van der Waals surface area contributed by atoms with E-state index in [2.05, 4.69) is 24.8 Å². The molecule has 3 N–H and O–H groups in total. The summed E-state index contributed by atoms with van der Waals surface area (Å²) in [5, 5.41) is 8.19. The number of carbonyl (C=O) groups is 1. The summed E-state index contributed by atoms with van der Waals surface area (Å²) in [5.74, 6) is -0.591. The van der Waals surface area contributed by atoms with Gasteiger partial charge in [0.25, 0.3) is 0 Å². The number of benzene rings is 2. The standard InChI is InChI=1S/C28H27F3N4O4S/c29-28(30,31)40(37,38)39-20-11-9-18-13-16-32-23(22(18)17-20)7-1-2-14-33-25(36)12-10-19-5-3-8-24-26(19)21-6-4-15-34-27(21)35-24/h3-6,8-12,15,17,23,32H,1-2,7,13-14,16H2,(H,33,36)(H,34,35). The molecule has 0 aliphatic carbocycles. The van der Waals surface area contributed by atoms with Crippen molar-refractivity contribution in [1.82, 2.24) is 20.6 Å². The molecular weight excluding hydrogens is 545 g/mol. The van der Waals surface area contributed by atoms with E-state index in [4.69, 9.17) is 0 Å². The summed E-state index contributed by atoms with van der Waals surface area (Å²) in [7, 11) is -5.74. The lowest BCUT2D eigenvalue weighted by molar-refractivity contribution is -0.116. The highest BCUT2D eigenvalue weighted by atomic mass is 32.2. The minimum Gasteiger partial charge on any atom is -0.376 e.